The number of nitrogens with zero attached hydrogens (tertiary/aromatic N) is 4. The molecule has 0 fully saturated rings. The van der Waals surface area contributed by atoms with E-state index in [1.165, 1.54) is 0 Å². The highest BCUT2D eigenvalue weighted by molar-refractivity contribution is 7.89. The number of sulfonamides is 1. The molecule has 0 bridgehead atoms. The number of rotatable bonds is 8. The van der Waals surface area contributed by atoms with Crippen LogP contribution in [0.4, 0.5) is 5.82 Å². The molecule has 164 valence electrons. The van der Waals surface area contributed by atoms with Crippen molar-refractivity contribution >= 4 is 21.5 Å². The van der Waals surface area contributed by atoms with Crippen LogP contribution in [0.3, 0.4) is 0 Å². The first kappa shape index (κ1) is 20.2. The Balaban J connectivity index is 1.24. The number of aromatic nitrogens is 4. The van der Waals surface area contributed by atoms with Crippen LogP contribution in [0, 0.1) is 0 Å². The van der Waals surface area contributed by atoms with Crippen molar-refractivity contribution in [1.29, 1.82) is 0 Å². The van der Waals surface area contributed by atoms with E-state index in [9.17, 15) is 8.42 Å². The lowest BCUT2D eigenvalue weighted by molar-refractivity contribution is 0.174. The molecule has 1 aliphatic heterocycles. The van der Waals surface area contributed by atoms with E-state index >= 15 is 0 Å². The molecule has 11 heteroatoms. The molecule has 32 heavy (non-hydrogen) atoms. The van der Waals surface area contributed by atoms with Crippen molar-refractivity contribution < 1.29 is 17.9 Å². The average molecular weight is 452 g/mol. The van der Waals surface area contributed by atoms with Gasteiger partial charge in [-0.3, -0.25) is 0 Å². The maximum atomic E-state index is 12.4. The number of nitrogens with one attached hydrogen (secondary N) is 2. The molecule has 3 heterocycles. The molecule has 0 saturated carbocycles. The molecule has 4 aromatic rings. The summed E-state index contributed by atoms with van der Waals surface area (Å²) in [5.41, 5.74) is 1.61. The second-order valence-corrected chi connectivity index (χ2v) is 8.87. The van der Waals surface area contributed by atoms with Crippen molar-refractivity contribution in [3.63, 3.8) is 0 Å². The van der Waals surface area contributed by atoms with Crippen molar-refractivity contribution in [1.82, 2.24) is 24.5 Å². The zero-order chi connectivity index (χ0) is 22.0. The first-order valence-electron chi connectivity index (χ1n) is 9.97. The fraction of sp³-hybridized carbons (Fsp3) is 0.190. The van der Waals surface area contributed by atoms with Gasteiger partial charge in [-0.2, -0.15) is 4.52 Å². The van der Waals surface area contributed by atoms with Gasteiger partial charge in [-0.05, 0) is 42.0 Å². The summed E-state index contributed by atoms with van der Waals surface area (Å²) in [7, 11) is -3.58. The Labute approximate surface area is 184 Å². The van der Waals surface area contributed by atoms with Crippen LogP contribution in [-0.2, 0) is 23.0 Å². The van der Waals surface area contributed by atoms with Gasteiger partial charge in [-0.1, -0.05) is 24.3 Å². The van der Waals surface area contributed by atoms with E-state index in [2.05, 4.69) is 25.3 Å². The van der Waals surface area contributed by atoms with Gasteiger partial charge < -0.3 is 14.8 Å². The summed E-state index contributed by atoms with van der Waals surface area (Å²) < 4.78 is 39.7. The predicted molar refractivity (Wildman–Crippen MR) is 116 cm³/mol. The van der Waals surface area contributed by atoms with Crippen LogP contribution in [0.15, 0.2) is 65.6 Å². The Bertz CT molecular complexity index is 1360. The molecule has 0 saturated heterocycles. The highest BCUT2D eigenvalue weighted by Crippen LogP contribution is 2.32. The number of ether oxygens (including phenoxy) is 2. The van der Waals surface area contributed by atoms with Crippen LogP contribution in [-0.4, -0.2) is 41.6 Å². The van der Waals surface area contributed by atoms with Crippen molar-refractivity contribution in [2.45, 2.75) is 17.9 Å². The Morgan fingerprint density at radius 1 is 0.969 bits per heavy atom. The SMILES string of the molecule is O=S(=O)(NCCc1nnc2ccc(NCc3ccc4c(c3)OCO4)nn12)c1ccccc1. The molecule has 2 aromatic heterocycles. The topological polar surface area (TPSA) is 120 Å². The standard InChI is InChI=1S/C21H20N6O4S/c28-32(29,16-4-2-1-3-5-16)23-11-10-21-25-24-20-9-8-19(26-27(20)21)22-13-15-6-7-17-18(12-15)31-14-30-17/h1-9,12,23H,10-11,13-14H2,(H,22,26). The molecule has 0 amide bonds. The Morgan fingerprint density at radius 2 is 1.81 bits per heavy atom. The molecular weight excluding hydrogens is 432 g/mol. The quantitative estimate of drug-likeness (QED) is 0.417. The number of fused-ring (bicyclic) bond motifs is 2. The number of hydrogen-bond donors (Lipinski definition) is 2. The lowest BCUT2D eigenvalue weighted by Crippen LogP contribution is -2.26. The monoisotopic (exact) mass is 452 g/mol. The lowest BCUT2D eigenvalue weighted by atomic mass is 10.2. The van der Waals surface area contributed by atoms with Gasteiger partial charge in [0.2, 0.25) is 16.8 Å². The fourth-order valence-corrected chi connectivity index (χ4v) is 4.36. The molecular formula is C21H20N6O4S. The third-order valence-electron chi connectivity index (χ3n) is 4.93. The summed E-state index contributed by atoms with van der Waals surface area (Å²) in [5.74, 6) is 2.67. The predicted octanol–water partition coefficient (Wildman–Crippen LogP) is 1.99. The Morgan fingerprint density at radius 3 is 2.69 bits per heavy atom. The molecule has 0 aliphatic carbocycles. The maximum absolute atomic E-state index is 12.4. The number of anilines is 1. The minimum absolute atomic E-state index is 0.175. The second-order valence-electron chi connectivity index (χ2n) is 7.11. The molecule has 0 atom stereocenters. The van der Waals surface area contributed by atoms with Gasteiger partial charge in [0.1, 0.15) is 5.82 Å². The van der Waals surface area contributed by atoms with Gasteiger partial charge in [0.15, 0.2) is 23.0 Å². The first-order chi connectivity index (χ1) is 15.6. The Kier molecular flexibility index (Phi) is 5.33. The highest BCUT2D eigenvalue weighted by atomic mass is 32.2. The second kappa shape index (κ2) is 8.44. The zero-order valence-corrected chi connectivity index (χ0v) is 17.7. The zero-order valence-electron chi connectivity index (χ0n) is 16.9. The molecule has 2 aromatic carbocycles. The summed E-state index contributed by atoms with van der Waals surface area (Å²) in [5, 5.41) is 16.1. The van der Waals surface area contributed by atoms with Crippen molar-refractivity contribution in [3.8, 4) is 11.5 Å². The highest BCUT2D eigenvalue weighted by Gasteiger charge is 2.15. The van der Waals surface area contributed by atoms with E-state index in [0.29, 0.717) is 30.3 Å². The van der Waals surface area contributed by atoms with Crippen molar-refractivity contribution in [2.24, 2.45) is 0 Å². The smallest absolute Gasteiger partial charge is 0.240 e. The summed E-state index contributed by atoms with van der Waals surface area (Å²) in [6, 6.07) is 17.6. The molecule has 1 aliphatic rings. The van der Waals surface area contributed by atoms with E-state index < -0.39 is 10.0 Å². The van der Waals surface area contributed by atoms with E-state index in [1.54, 1.807) is 40.9 Å². The van der Waals surface area contributed by atoms with Crippen molar-refractivity contribution in [3.05, 3.63) is 72.1 Å². The van der Waals surface area contributed by atoms with Crippen LogP contribution >= 0.6 is 0 Å². The van der Waals surface area contributed by atoms with E-state index in [4.69, 9.17) is 9.47 Å². The van der Waals surface area contributed by atoms with Gasteiger partial charge in [-0.25, -0.2) is 13.1 Å². The molecule has 2 N–H and O–H groups in total. The van der Waals surface area contributed by atoms with Crippen molar-refractivity contribution in [2.75, 3.05) is 18.7 Å². The van der Waals surface area contributed by atoms with Crippen LogP contribution < -0.4 is 19.5 Å². The van der Waals surface area contributed by atoms with E-state index in [-0.39, 0.29) is 18.2 Å². The normalized spacial score (nSPS) is 12.9. The largest absolute Gasteiger partial charge is 0.454 e. The van der Waals surface area contributed by atoms with Crippen LogP contribution in [0.2, 0.25) is 0 Å². The summed E-state index contributed by atoms with van der Waals surface area (Å²) in [6.07, 6.45) is 0.339. The molecule has 0 radical (unpaired) electrons. The van der Waals surface area contributed by atoms with Crippen LogP contribution in [0.25, 0.3) is 5.65 Å². The van der Waals surface area contributed by atoms with E-state index in [0.717, 1.165) is 17.1 Å². The van der Waals surface area contributed by atoms with Gasteiger partial charge in [-0.15, -0.1) is 15.3 Å². The first-order valence-corrected chi connectivity index (χ1v) is 11.5. The van der Waals surface area contributed by atoms with Gasteiger partial charge in [0, 0.05) is 19.5 Å². The third-order valence-corrected chi connectivity index (χ3v) is 6.41. The summed E-state index contributed by atoms with van der Waals surface area (Å²) in [4.78, 5) is 0.222. The Hall–Kier alpha value is -3.70. The van der Waals surface area contributed by atoms with E-state index in [1.807, 2.05) is 24.3 Å². The van der Waals surface area contributed by atoms with Crippen LogP contribution in [0.1, 0.15) is 11.4 Å². The number of hydrogen-bond acceptors (Lipinski definition) is 8. The fourth-order valence-electron chi connectivity index (χ4n) is 3.31. The lowest BCUT2D eigenvalue weighted by Gasteiger charge is -2.08. The molecule has 0 unspecified atom stereocenters. The number of benzene rings is 2. The van der Waals surface area contributed by atoms with Gasteiger partial charge in [0.05, 0.1) is 4.90 Å². The maximum Gasteiger partial charge on any atom is 0.240 e. The molecule has 0 spiro atoms. The van der Waals surface area contributed by atoms with Crippen LogP contribution in [0.5, 0.6) is 11.5 Å². The summed E-state index contributed by atoms with van der Waals surface area (Å²) in [6.45, 7) is 0.959. The molecule has 5 rings (SSSR count). The van der Waals surface area contributed by atoms with Gasteiger partial charge >= 0.3 is 0 Å². The minimum Gasteiger partial charge on any atom is -0.454 e. The summed E-state index contributed by atoms with van der Waals surface area (Å²) >= 11 is 0. The minimum atomic E-state index is -3.58. The molecule has 10 nitrogen and oxygen atoms in total. The van der Waals surface area contributed by atoms with Gasteiger partial charge in [0.25, 0.3) is 0 Å². The average Bonchev–Trinajstić information content (AvgIpc) is 3.44. The third kappa shape index (κ3) is 4.20.